The Balaban J connectivity index is 1.72. The summed E-state index contributed by atoms with van der Waals surface area (Å²) < 4.78 is 5.48. The third-order valence-corrected chi connectivity index (χ3v) is 4.17. The van der Waals surface area contributed by atoms with Gasteiger partial charge in [0.2, 0.25) is 5.89 Å². The minimum atomic E-state index is 0.379. The monoisotopic (exact) mass is 250 g/mol. The molecule has 2 atom stereocenters. The molecular weight excluding hydrogens is 228 g/mol. The molecule has 5 heteroatoms. The van der Waals surface area contributed by atoms with Gasteiger partial charge in [-0.1, -0.05) is 12.1 Å². The van der Waals surface area contributed by atoms with Gasteiger partial charge in [0, 0.05) is 6.54 Å². The lowest BCUT2D eigenvalue weighted by molar-refractivity contribution is 0.253. The number of hydrogen-bond donors (Lipinski definition) is 1. The molecule has 2 unspecified atom stereocenters. The van der Waals surface area contributed by atoms with E-state index in [1.54, 1.807) is 0 Å². The number of hydrogen-bond acceptors (Lipinski definition) is 5. The average molecular weight is 250 g/mol. The maximum absolute atomic E-state index is 5.48. The minimum absolute atomic E-state index is 0.379. The zero-order valence-electron chi connectivity index (χ0n) is 11.1. The summed E-state index contributed by atoms with van der Waals surface area (Å²) in [4.78, 5) is 7.09. The molecule has 2 aliphatic rings. The van der Waals surface area contributed by atoms with E-state index >= 15 is 0 Å². The molecule has 18 heavy (non-hydrogen) atoms. The van der Waals surface area contributed by atoms with Crippen molar-refractivity contribution in [3.8, 4) is 0 Å². The van der Waals surface area contributed by atoms with Crippen LogP contribution in [0.1, 0.15) is 56.3 Å². The molecule has 0 bridgehead atoms. The average Bonchev–Trinajstić information content (AvgIpc) is 3.08. The van der Waals surface area contributed by atoms with Crippen molar-refractivity contribution in [2.45, 2.75) is 44.6 Å². The first-order valence-corrected chi connectivity index (χ1v) is 7.16. The number of rotatable bonds is 3. The van der Waals surface area contributed by atoms with E-state index in [1.165, 1.54) is 12.8 Å². The Morgan fingerprint density at radius 1 is 1.39 bits per heavy atom. The fourth-order valence-corrected chi connectivity index (χ4v) is 3.11. The van der Waals surface area contributed by atoms with Crippen LogP contribution in [-0.4, -0.2) is 41.2 Å². The van der Waals surface area contributed by atoms with Crippen LogP contribution in [0.3, 0.4) is 0 Å². The Kier molecular flexibility index (Phi) is 3.61. The van der Waals surface area contributed by atoms with Crippen LogP contribution in [0, 0.1) is 0 Å². The highest BCUT2D eigenvalue weighted by molar-refractivity contribution is 5.02. The molecule has 1 aromatic heterocycles. The number of likely N-dealkylation sites (tertiary alicyclic amines) is 1. The lowest BCUT2D eigenvalue weighted by atomic mass is 10.00. The van der Waals surface area contributed by atoms with Crippen LogP contribution in [0.15, 0.2) is 4.52 Å². The number of aromatic nitrogens is 2. The van der Waals surface area contributed by atoms with E-state index in [4.69, 9.17) is 4.52 Å². The Labute approximate surface area is 108 Å². The molecule has 0 spiro atoms. The molecule has 2 fully saturated rings. The molecule has 5 nitrogen and oxygen atoms in total. The Morgan fingerprint density at radius 2 is 2.33 bits per heavy atom. The van der Waals surface area contributed by atoms with Gasteiger partial charge in [-0.2, -0.15) is 4.98 Å². The third-order valence-electron chi connectivity index (χ3n) is 4.17. The fourth-order valence-electron chi connectivity index (χ4n) is 3.11. The highest BCUT2D eigenvalue weighted by atomic mass is 16.5. The van der Waals surface area contributed by atoms with Crippen molar-refractivity contribution >= 4 is 0 Å². The van der Waals surface area contributed by atoms with Crippen LogP contribution in [0.2, 0.25) is 0 Å². The Bertz CT molecular complexity index is 386. The number of nitrogens with one attached hydrogen (secondary N) is 1. The smallest absolute Gasteiger partial charge is 0.231 e. The lowest BCUT2D eigenvalue weighted by Gasteiger charge is -2.20. The fraction of sp³-hybridized carbons (Fsp3) is 0.846. The van der Waals surface area contributed by atoms with E-state index in [1.807, 2.05) is 0 Å². The van der Waals surface area contributed by atoms with Crippen LogP contribution >= 0.6 is 0 Å². The van der Waals surface area contributed by atoms with Gasteiger partial charge in [0.05, 0.1) is 12.0 Å². The van der Waals surface area contributed by atoms with Gasteiger partial charge in [0.15, 0.2) is 5.82 Å². The van der Waals surface area contributed by atoms with E-state index in [-0.39, 0.29) is 0 Å². The standard InChI is InChI=1S/C13H22N4O/c1-2-17-8-4-6-11(17)12-15-13(18-16-12)10-5-3-7-14-9-10/h10-11,14H,2-9H2,1H3. The second-order valence-corrected chi connectivity index (χ2v) is 5.32. The maximum atomic E-state index is 5.48. The van der Waals surface area contributed by atoms with Crippen LogP contribution in [-0.2, 0) is 0 Å². The van der Waals surface area contributed by atoms with Gasteiger partial charge in [-0.25, -0.2) is 0 Å². The van der Waals surface area contributed by atoms with Gasteiger partial charge in [0.25, 0.3) is 0 Å². The van der Waals surface area contributed by atoms with Crippen molar-refractivity contribution in [3.63, 3.8) is 0 Å². The van der Waals surface area contributed by atoms with Crippen molar-refractivity contribution in [1.29, 1.82) is 0 Å². The first-order valence-electron chi connectivity index (χ1n) is 7.16. The molecule has 0 amide bonds. The zero-order valence-corrected chi connectivity index (χ0v) is 11.1. The number of nitrogens with zero attached hydrogens (tertiary/aromatic N) is 3. The van der Waals surface area contributed by atoms with Crippen molar-refractivity contribution in [2.75, 3.05) is 26.2 Å². The maximum Gasteiger partial charge on any atom is 0.231 e. The van der Waals surface area contributed by atoms with Crippen molar-refractivity contribution in [2.24, 2.45) is 0 Å². The predicted molar refractivity (Wildman–Crippen MR) is 68.4 cm³/mol. The summed E-state index contributed by atoms with van der Waals surface area (Å²) in [5.41, 5.74) is 0. The first kappa shape index (κ1) is 12.1. The molecule has 100 valence electrons. The molecule has 2 saturated heterocycles. The van der Waals surface area contributed by atoms with Gasteiger partial charge < -0.3 is 9.84 Å². The second-order valence-electron chi connectivity index (χ2n) is 5.32. The van der Waals surface area contributed by atoms with Gasteiger partial charge in [-0.15, -0.1) is 0 Å². The van der Waals surface area contributed by atoms with Crippen LogP contribution in [0.4, 0.5) is 0 Å². The van der Waals surface area contributed by atoms with Crippen molar-refractivity contribution < 1.29 is 4.52 Å². The predicted octanol–water partition coefficient (Wildman–Crippen LogP) is 1.69. The summed E-state index contributed by atoms with van der Waals surface area (Å²) >= 11 is 0. The van der Waals surface area contributed by atoms with E-state index in [2.05, 4.69) is 27.3 Å². The summed E-state index contributed by atoms with van der Waals surface area (Å²) in [7, 11) is 0. The molecular formula is C13H22N4O. The normalized spacial score (nSPS) is 29.8. The molecule has 3 heterocycles. The van der Waals surface area contributed by atoms with E-state index in [0.717, 1.165) is 50.7 Å². The Hall–Kier alpha value is -0.940. The Morgan fingerprint density at radius 3 is 3.11 bits per heavy atom. The van der Waals surface area contributed by atoms with Crippen LogP contribution in [0.5, 0.6) is 0 Å². The molecule has 0 radical (unpaired) electrons. The molecule has 0 aromatic carbocycles. The van der Waals surface area contributed by atoms with Gasteiger partial charge in [0.1, 0.15) is 0 Å². The molecule has 0 aliphatic carbocycles. The zero-order chi connectivity index (χ0) is 12.4. The highest BCUT2D eigenvalue weighted by Crippen LogP contribution is 2.31. The van der Waals surface area contributed by atoms with Crippen LogP contribution in [0.25, 0.3) is 0 Å². The van der Waals surface area contributed by atoms with E-state index in [9.17, 15) is 0 Å². The highest BCUT2D eigenvalue weighted by Gasteiger charge is 2.30. The second kappa shape index (κ2) is 5.36. The topological polar surface area (TPSA) is 54.2 Å². The quantitative estimate of drug-likeness (QED) is 0.884. The first-order chi connectivity index (χ1) is 8.88. The largest absolute Gasteiger partial charge is 0.339 e. The summed E-state index contributed by atoms with van der Waals surface area (Å²) in [5, 5.41) is 7.61. The van der Waals surface area contributed by atoms with Crippen LogP contribution < -0.4 is 5.32 Å². The molecule has 1 N–H and O–H groups in total. The molecule has 3 rings (SSSR count). The molecule has 1 aromatic rings. The minimum Gasteiger partial charge on any atom is -0.339 e. The number of piperidine rings is 1. The molecule has 2 aliphatic heterocycles. The summed E-state index contributed by atoms with van der Waals surface area (Å²) in [6.07, 6.45) is 4.77. The van der Waals surface area contributed by atoms with E-state index in [0.29, 0.717) is 12.0 Å². The van der Waals surface area contributed by atoms with Gasteiger partial charge in [-0.05, 0) is 45.3 Å². The van der Waals surface area contributed by atoms with Crippen molar-refractivity contribution in [3.05, 3.63) is 11.7 Å². The molecule has 0 saturated carbocycles. The van der Waals surface area contributed by atoms with Crippen molar-refractivity contribution in [1.82, 2.24) is 20.4 Å². The summed E-state index contributed by atoms with van der Waals surface area (Å²) in [6.45, 7) is 6.52. The van der Waals surface area contributed by atoms with Gasteiger partial charge in [-0.3, -0.25) is 4.90 Å². The third kappa shape index (κ3) is 2.29. The lowest BCUT2D eigenvalue weighted by Crippen LogP contribution is -2.28. The van der Waals surface area contributed by atoms with E-state index < -0.39 is 0 Å². The summed E-state index contributed by atoms with van der Waals surface area (Å²) in [6, 6.07) is 0.379. The SMILES string of the molecule is CCN1CCCC1c1noc(C2CCCNC2)n1. The van der Waals surface area contributed by atoms with Gasteiger partial charge >= 0.3 is 0 Å². The summed E-state index contributed by atoms with van der Waals surface area (Å²) in [5.74, 6) is 2.14.